The van der Waals surface area contributed by atoms with Crippen LogP contribution >= 0.6 is 11.3 Å². The molecule has 31 heavy (non-hydrogen) atoms. The molecule has 6 nitrogen and oxygen atoms in total. The van der Waals surface area contributed by atoms with Crippen LogP contribution in [-0.4, -0.2) is 21.7 Å². The lowest BCUT2D eigenvalue weighted by molar-refractivity contribution is -0.137. The van der Waals surface area contributed by atoms with Gasteiger partial charge in [-0.2, -0.15) is 28.7 Å². The number of amides is 1. The van der Waals surface area contributed by atoms with Gasteiger partial charge in [-0.25, -0.2) is 4.68 Å². The molecule has 0 radical (unpaired) electrons. The quantitative estimate of drug-likeness (QED) is 0.587. The highest BCUT2D eigenvalue weighted by Crippen LogP contribution is 2.33. The van der Waals surface area contributed by atoms with Crippen LogP contribution in [0.3, 0.4) is 0 Å². The zero-order chi connectivity index (χ0) is 23.4. The highest BCUT2D eigenvalue weighted by atomic mass is 32.1. The number of carbonyl (C=O) groups is 1. The molecule has 0 aliphatic rings. The van der Waals surface area contributed by atoms with Gasteiger partial charge in [0.1, 0.15) is 5.01 Å². The minimum atomic E-state index is -4.59. The van der Waals surface area contributed by atoms with Gasteiger partial charge >= 0.3 is 6.18 Å². The van der Waals surface area contributed by atoms with E-state index in [1.807, 2.05) is 27.7 Å². The molecule has 10 heteroatoms. The number of carbonyl (C=O) groups excluding carboxylic acids is 1. The monoisotopic (exact) mass is 458 g/mol. The molecule has 0 bridgehead atoms. The Hall–Kier alpha value is -2.20. The third kappa shape index (κ3) is 6.90. The number of benzene rings is 1. The number of rotatable bonds is 7. The Morgan fingerprint density at radius 2 is 1.97 bits per heavy atom. The largest absolute Gasteiger partial charge is 0.416 e. The van der Waals surface area contributed by atoms with Crippen molar-refractivity contribution in [2.24, 2.45) is 4.99 Å². The first-order valence-electron chi connectivity index (χ1n) is 10.1. The number of halogens is 3. The van der Waals surface area contributed by atoms with E-state index in [9.17, 15) is 18.0 Å². The molecule has 172 valence electrons. The predicted octanol–water partition coefficient (Wildman–Crippen LogP) is 5.09. The standard InChI is InChI=1S/C21H29F3N4O2S/c1-7-8-11-28-19(31-18(26-28)20(4,5)6)25-17(29)15-12-14(21(22,23)24)9-10-16(15)30-27-13(2)3/h9-10,12-13,27H,7-8,11H2,1-6H3/b25-19-. The van der Waals surface area contributed by atoms with Crippen LogP contribution in [0.1, 0.15) is 75.3 Å². The SMILES string of the molecule is CCCCn1nc(C(C)(C)C)s/c1=N\C(=O)c1cc(C(F)(F)F)ccc1ONC(C)C. The fourth-order valence-corrected chi connectivity index (χ4v) is 3.42. The molecule has 2 aromatic rings. The van der Waals surface area contributed by atoms with E-state index in [1.54, 1.807) is 18.5 Å². The van der Waals surface area contributed by atoms with E-state index >= 15 is 0 Å². The lowest BCUT2D eigenvalue weighted by Crippen LogP contribution is -2.27. The Morgan fingerprint density at radius 3 is 2.52 bits per heavy atom. The summed E-state index contributed by atoms with van der Waals surface area (Å²) >= 11 is 1.26. The molecule has 0 spiro atoms. The van der Waals surface area contributed by atoms with Crippen molar-refractivity contribution in [2.75, 3.05) is 0 Å². The van der Waals surface area contributed by atoms with E-state index in [2.05, 4.69) is 15.6 Å². The van der Waals surface area contributed by atoms with E-state index in [-0.39, 0.29) is 22.8 Å². The fraction of sp³-hybridized carbons (Fsp3) is 0.571. The summed E-state index contributed by atoms with van der Waals surface area (Å²) in [6, 6.07) is 2.67. The number of aromatic nitrogens is 2. The maximum absolute atomic E-state index is 13.2. The lowest BCUT2D eigenvalue weighted by atomic mass is 9.98. The van der Waals surface area contributed by atoms with Crippen LogP contribution in [-0.2, 0) is 18.1 Å². The van der Waals surface area contributed by atoms with Crippen molar-refractivity contribution in [1.82, 2.24) is 15.3 Å². The molecule has 1 aromatic heterocycles. The van der Waals surface area contributed by atoms with Crippen LogP contribution < -0.4 is 15.1 Å². The van der Waals surface area contributed by atoms with Crippen molar-refractivity contribution in [1.29, 1.82) is 0 Å². The number of unbranched alkanes of at least 4 members (excludes halogenated alkanes) is 1. The fourth-order valence-electron chi connectivity index (χ4n) is 2.44. The molecule has 1 amide bonds. The van der Waals surface area contributed by atoms with Crippen molar-refractivity contribution < 1.29 is 22.8 Å². The van der Waals surface area contributed by atoms with E-state index in [1.165, 1.54) is 11.3 Å². The molecular formula is C21H29F3N4O2S. The van der Waals surface area contributed by atoms with Crippen molar-refractivity contribution in [3.05, 3.63) is 39.1 Å². The predicted molar refractivity (Wildman–Crippen MR) is 114 cm³/mol. The minimum Gasteiger partial charge on any atom is -0.408 e. The average Bonchev–Trinajstić information content (AvgIpc) is 3.06. The zero-order valence-corrected chi connectivity index (χ0v) is 19.4. The van der Waals surface area contributed by atoms with Crippen LogP contribution in [0, 0.1) is 0 Å². The van der Waals surface area contributed by atoms with Crippen LogP contribution in [0.5, 0.6) is 5.75 Å². The molecule has 0 aliphatic carbocycles. The summed E-state index contributed by atoms with van der Waals surface area (Å²) in [5.41, 5.74) is 1.19. The van der Waals surface area contributed by atoms with E-state index in [4.69, 9.17) is 4.84 Å². The van der Waals surface area contributed by atoms with Crippen molar-refractivity contribution in [3.8, 4) is 5.75 Å². The molecule has 0 fully saturated rings. The second kappa shape index (κ2) is 9.95. The number of hydrogen-bond acceptors (Lipinski definition) is 5. The Morgan fingerprint density at radius 1 is 1.29 bits per heavy atom. The van der Waals surface area contributed by atoms with E-state index in [0.29, 0.717) is 11.3 Å². The minimum absolute atomic E-state index is 0.0175. The third-order valence-electron chi connectivity index (χ3n) is 4.12. The number of nitrogens with zero attached hydrogens (tertiary/aromatic N) is 3. The summed E-state index contributed by atoms with van der Waals surface area (Å²) in [5, 5.41) is 5.36. The Bertz CT molecular complexity index is 972. The normalized spacial score (nSPS) is 13.2. The van der Waals surface area contributed by atoms with Gasteiger partial charge in [-0.1, -0.05) is 45.5 Å². The van der Waals surface area contributed by atoms with Gasteiger partial charge in [-0.15, -0.1) is 0 Å². The summed E-state index contributed by atoms with van der Waals surface area (Å²) in [6.45, 7) is 12.2. The van der Waals surface area contributed by atoms with Crippen LogP contribution in [0.2, 0.25) is 0 Å². The number of hydroxylamine groups is 1. The molecule has 0 aliphatic heterocycles. The lowest BCUT2D eigenvalue weighted by Gasteiger charge is -2.14. The molecule has 1 aromatic carbocycles. The van der Waals surface area contributed by atoms with E-state index < -0.39 is 17.6 Å². The van der Waals surface area contributed by atoms with Crippen molar-refractivity contribution in [2.45, 2.75) is 78.6 Å². The van der Waals surface area contributed by atoms with Gasteiger partial charge in [0.15, 0.2) is 5.75 Å². The second-order valence-electron chi connectivity index (χ2n) is 8.52. The average molecular weight is 459 g/mol. The van der Waals surface area contributed by atoms with Crippen molar-refractivity contribution >= 4 is 17.2 Å². The first-order chi connectivity index (χ1) is 14.3. The number of hydrogen-bond donors (Lipinski definition) is 1. The van der Waals surface area contributed by atoms with Crippen LogP contribution in [0.4, 0.5) is 13.2 Å². The number of nitrogens with one attached hydrogen (secondary N) is 1. The first kappa shape index (κ1) is 25.1. The van der Waals surface area contributed by atoms with Gasteiger partial charge in [0.05, 0.1) is 11.1 Å². The Kier molecular flexibility index (Phi) is 8.04. The Balaban J connectivity index is 2.56. The maximum atomic E-state index is 13.2. The molecule has 2 rings (SSSR count). The van der Waals surface area contributed by atoms with Crippen LogP contribution in [0.15, 0.2) is 23.2 Å². The molecule has 1 N–H and O–H groups in total. The highest BCUT2D eigenvalue weighted by molar-refractivity contribution is 7.09. The topological polar surface area (TPSA) is 68.5 Å². The van der Waals surface area contributed by atoms with Crippen LogP contribution in [0.25, 0.3) is 0 Å². The number of aryl methyl sites for hydroxylation is 1. The molecule has 0 unspecified atom stereocenters. The van der Waals surface area contributed by atoms with Gasteiger partial charge in [-0.3, -0.25) is 4.79 Å². The molecule has 0 atom stereocenters. The third-order valence-corrected chi connectivity index (χ3v) is 5.50. The van der Waals surface area contributed by atoms with E-state index in [0.717, 1.165) is 36.0 Å². The maximum Gasteiger partial charge on any atom is 0.416 e. The summed E-state index contributed by atoms with van der Waals surface area (Å²) in [4.78, 5) is 22.8. The van der Waals surface area contributed by atoms with Gasteiger partial charge in [0, 0.05) is 18.0 Å². The van der Waals surface area contributed by atoms with Gasteiger partial charge in [0.2, 0.25) is 4.80 Å². The van der Waals surface area contributed by atoms with Gasteiger partial charge < -0.3 is 4.84 Å². The summed E-state index contributed by atoms with van der Waals surface area (Å²) in [7, 11) is 0. The summed E-state index contributed by atoms with van der Waals surface area (Å²) in [5.74, 6) is -0.836. The smallest absolute Gasteiger partial charge is 0.408 e. The molecule has 0 saturated carbocycles. The van der Waals surface area contributed by atoms with Crippen molar-refractivity contribution in [3.63, 3.8) is 0 Å². The first-order valence-corrected chi connectivity index (χ1v) is 11.0. The summed E-state index contributed by atoms with van der Waals surface area (Å²) in [6.07, 6.45) is -2.83. The van der Waals surface area contributed by atoms with Gasteiger partial charge in [0.25, 0.3) is 5.91 Å². The number of alkyl halides is 3. The molecule has 0 saturated heterocycles. The highest BCUT2D eigenvalue weighted by Gasteiger charge is 2.32. The molecule has 1 heterocycles. The summed E-state index contributed by atoms with van der Waals surface area (Å²) < 4.78 is 41.3. The second-order valence-corrected chi connectivity index (χ2v) is 9.47. The zero-order valence-electron chi connectivity index (χ0n) is 18.6. The molecular weight excluding hydrogens is 429 g/mol. The Labute approximate surface area is 184 Å². The van der Waals surface area contributed by atoms with Gasteiger partial charge in [-0.05, 0) is 38.5 Å².